The summed E-state index contributed by atoms with van der Waals surface area (Å²) in [5.74, 6) is -0.222. The Kier molecular flexibility index (Phi) is 8.60. The van der Waals surface area contributed by atoms with Crippen LogP contribution in [0.3, 0.4) is 0 Å². The monoisotopic (exact) mass is 589 g/mol. The highest BCUT2D eigenvalue weighted by molar-refractivity contribution is 6.30. The van der Waals surface area contributed by atoms with Gasteiger partial charge in [0.15, 0.2) is 22.6 Å². The maximum absolute atomic E-state index is 14.1. The van der Waals surface area contributed by atoms with Gasteiger partial charge in [0.05, 0.1) is 13.7 Å². The van der Waals surface area contributed by atoms with Crippen molar-refractivity contribution in [2.45, 2.75) is 38.5 Å². The predicted molar refractivity (Wildman–Crippen MR) is 144 cm³/mol. The van der Waals surface area contributed by atoms with Gasteiger partial charge in [-0.25, -0.2) is 24.1 Å². The highest BCUT2D eigenvalue weighted by Gasteiger charge is 2.25. The molecule has 0 saturated carbocycles. The van der Waals surface area contributed by atoms with Crippen LogP contribution in [0.15, 0.2) is 42.5 Å². The molecule has 1 aliphatic heterocycles. The fourth-order valence-electron chi connectivity index (χ4n) is 4.82. The molecule has 0 amide bonds. The Hall–Kier alpha value is -3.90. The molecule has 0 bridgehead atoms. The largest absolute Gasteiger partial charge is 0.473 e. The average molecular weight is 590 g/mol. The quantitative estimate of drug-likeness (QED) is 0.236. The summed E-state index contributed by atoms with van der Waals surface area (Å²) >= 11 is 5.82. The van der Waals surface area contributed by atoms with Gasteiger partial charge in [-0.2, -0.15) is 8.78 Å². The van der Waals surface area contributed by atoms with Crippen molar-refractivity contribution in [3.63, 3.8) is 0 Å². The summed E-state index contributed by atoms with van der Waals surface area (Å²) in [7, 11) is 2.89. The summed E-state index contributed by atoms with van der Waals surface area (Å²) in [6.45, 7) is -1.11. The number of carbonyl (C=O) groups excluding carboxylic acids is 1. The van der Waals surface area contributed by atoms with Crippen molar-refractivity contribution in [1.82, 2.24) is 24.4 Å². The predicted octanol–water partition coefficient (Wildman–Crippen LogP) is 5.50. The molecule has 1 aromatic carbocycles. The Morgan fingerprint density at radius 2 is 1.90 bits per heavy atom. The van der Waals surface area contributed by atoms with Crippen LogP contribution in [0.4, 0.5) is 13.2 Å². The van der Waals surface area contributed by atoms with Gasteiger partial charge >= 0.3 is 12.6 Å². The molecule has 5 rings (SSSR count). The number of pyridine rings is 2. The first kappa shape index (κ1) is 28.6. The van der Waals surface area contributed by atoms with Gasteiger partial charge in [-0.3, -0.25) is 4.90 Å². The number of likely N-dealkylation sites (tertiary alicyclic amines) is 1. The molecule has 1 aliphatic rings. The zero-order valence-electron chi connectivity index (χ0n) is 22.3. The topological polar surface area (TPSA) is 91.6 Å². The number of alkyl halides is 2. The van der Waals surface area contributed by atoms with E-state index >= 15 is 0 Å². The lowest BCUT2D eigenvalue weighted by Gasteiger charge is -2.31. The molecule has 4 aromatic rings. The summed E-state index contributed by atoms with van der Waals surface area (Å²) in [6.07, 6.45) is 1.66. The van der Waals surface area contributed by atoms with Gasteiger partial charge in [0.1, 0.15) is 18.2 Å². The molecule has 1 saturated heterocycles. The highest BCUT2D eigenvalue weighted by atomic mass is 35.5. The Labute approximate surface area is 238 Å². The number of ether oxygens (including phenoxy) is 3. The molecule has 4 heterocycles. The Morgan fingerprint density at radius 1 is 1.12 bits per heavy atom. The molecule has 0 spiro atoms. The van der Waals surface area contributed by atoms with Gasteiger partial charge in [0, 0.05) is 41.4 Å². The molecule has 41 heavy (non-hydrogen) atoms. The number of hydrogen-bond donors (Lipinski definition) is 0. The summed E-state index contributed by atoms with van der Waals surface area (Å²) in [5.41, 5.74) is 1.53. The van der Waals surface area contributed by atoms with Crippen molar-refractivity contribution < 1.29 is 32.2 Å². The summed E-state index contributed by atoms with van der Waals surface area (Å²) in [5, 5.41) is 0.323. The summed E-state index contributed by atoms with van der Waals surface area (Å²) < 4.78 is 56.9. The van der Waals surface area contributed by atoms with Crippen molar-refractivity contribution >= 4 is 28.7 Å². The maximum Gasteiger partial charge on any atom is 0.387 e. The third-order valence-electron chi connectivity index (χ3n) is 7.00. The van der Waals surface area contributed by atoms with E-state index in [-0.39, 0.29) is 35.1 Å². The molecule has 9 nitrogen and oxygen atoms in total. The number of rotatable bonds is 9. The number of fused-ring (bicyclic) bond motifs is 1. The molecule has 1 fully saturated rings. The van der Waals surface area contributed by atoms with Gasteiger partial charge in [-0.05, 0) is 44.1 Å². The Morgan fingerprint density at radius 3 is 2.61 bits per heavy atom. The van der Waals surface area contributed by atoms with Gasteiger partial charge < -0.3 is 18.8 Å². The first-order valence-corrected chi connectivity index (χ1v) is 13.2. The number of nitrogens with zero attached hydrogens (tertiary/aromatic N) is 5. The van der Waals surface area contributed by atoms with E-state index in [1.807, 2.05) is 12.1 Å². The number of hydrogen-bond acceptors (Lipinski definition) is 8. The van der Waals surface area contributed by atoms with Crippen LogP contribution in [0.5, 0.6) is 11.6 Å². The van der Waals surface area contributed by atoms with Crippen molar-refractivity contribution in [3.8, 4) is 11.6 Å². The number of imidazole rings is 1. The van der Waals surface area contributed by atoms with Gasteiger partial charge in [0.2, 0.25) is 5.88 Å². The molecule has 216 valence electrons. The molecule has 0 aliphatic carbocycles. The lowest BCUT2D eigenvalue weighted by Crippen LogP contribution is -2.33. The zero-order valence-corrected chi connectivity index (χ0v) is 23.1. The average Bonchev–Trinajstić information content (AvgIpc) is 3.27. The van der Waals surface area contributed by atoms with E-state index in [2.05, 4.69) is 24.6 Å². The molecule has 0 atom stereocenters. The van der Waals surface area contributed by atoms with E-state index < -0.39 is 18.4 Å². The number of methoxy groups -OCH3 is 1. The molecule has 0 unspecified atom stereocenters. The van der Waals surface area contributed by atoms with Crippen LogP contribution in [0, 0.1) is 5.82 Å². The lowest BCUT2D eigenvalue weighted by molar-refractivity contribution is -0.0490. The number of aryl methyl sites for hydroxylation is 1. The van der Waals surface area contributed by atoms with Crippen LogP contribution < -0.4 is 9.47 Å². The minimum Gasteiger partial charge on any atom is -0.473 e. The van der Waals surface area contributed by atoms with E-state index in [0.29, 0.717) is 28.8 Å². The Bertz CT molecular complexity index is 1560. The number of carbonyl (C=O) groups is 1. The molecule has 0 N–H and O–H groups in total. The van der Waals surface area contributed by atoms with Crippen molar-refractivity contribution in [1.29, 1.82) is 0 Å². The molecule has 13 heteroatoms. The van der Waals surface area contributed by atoms with E-state index in [1.54, 1.807) is 29.8 Å². The third-order valence-corrected chi connectivity index (χ3v) is 7.24. The standard InChI is InChI=1S/C28H27ClF3N5O4/c1-36-23(35-25-22(41-28(31)32)13-21(27(38)39-2)34-26(25)36)14-37-10-8-16(9-11-37)20-4-3-5-24(33-20)40-15-17-6-7-18(29)12-19(17)30/h3-7,12-13,16,28H,8-11,14-15H2,1-2H3. The molecular weight excluding hydrogens is 563 g/mol. The normalized spacial score (nSPS) is 14.5. The highest BCUT2D eigenvalue weighted by Crippen LogP contribution is 2.31. The number of esters is 1. The van der Waals surface area contributed by atoms with Gasteiger partial charge in [-0.1, -0.05) is 23.7 Å². The van der Waals surface area contributed by atoms with Crippen molar-refractivity contribution in [2.24, 2.45) is 7.05 Å². The number of halogens is 4. The number of piperidine rings is 1. The van der Waals surface area contributed by atoms with Crippen LogP contribution in [0.25, 0.3) is 11.2 Å². The van der Waals surface area contributed by atoms with E-state index in [0.717, 1.165) is 37.7 Å². The first-order chi connectivity index (χ1) is 19.7. The smallest absolute Gasteiger partial charge is 0.387 e. The van der Waals surface area contributed by atoms with Crippen LogP contribution in [0.2, 0.25) is 5.02 Å². The molecule has 3 aromatic heterocycles. The van der Waals surface area contributed by atoms with E-state index in [1.165, 1.54) is 13.2 Å². The van der Waals surface area contributed by atoms with Crippen LogP contribution in [-0.2, 0) is 24.9 Å². The third kappa shape index (κ3) is 6.54. The molecule has 0 radical (unpaired) electrons. The molecular formula is C28H27ClF3N5O4. The van der Waals surface area contributed by atoms with Crippen LogP contribution >= 0.6 is 11.6 Å². The SMILES string of the molecule is COC(=O)c1cc(OC(F)F)c2nc(CN3CCC(c4cccc(OCc5ccc(Cl)cc5F)n4)CC3)n(C)c2n1. The summed E-state index contributed by atoms with van der Waals surface area (Å²) in [4.78, 5) is 27.7. The maximum atomic E-state index is 14.1. The van der Waals surface area contributed by atoms with E-state index in [9.17, 15) is 18.0 Å². The number of benzene rings is 1. The van der Waals surface area contributed by atoms with E-state index in [4.69, 9.17) is 21.1 Å². The fourth-order valence-corrected chi connectivity index (χ4v) is 4.98. The van der Waals surface area contributed by atoms with Crippen molar-refractivity contribution in [3.05, 3.63) is 76.1 Å². The lowest BCUT2D eigenvalue weighted by atomic mass is 9.93. The zero-order chi connectivity index (χ0) is 29.1. The first-order valence-electron chi connectivity index (χ1n) is 12.9. The number of aromatic nitrogens is 4. The summed E-state index contributed by atoms with van der Waals surface area (Å²) in [6, 6.07) is 11.1. The van der Waals surface area contributed by atoms with Gasteiger partial charge in [0.25, 0.3) is 0 Å². The second-order valence-corrected chi connectivity index (χ2v) is 10.0. The Balaban J connectivity index is 1.24. The second kappa shape index (κ2) is 12.3. The van der Waals surface area contributed by atoms with Crippen LogP contribution in [0.1, 0.15) is 46.3 Å². The van der Waals surface area contributed by atoms with Gasteiger partial charge in [-0.15, -0.1) is 0 Å². The van der Waals surface area contributed by atoms with Crippen LogP contribution in [-0.4, -0.2) is 57.2 Å². The minimum absolute atomic E-state index is 0.0377. The fraction of sp³-hybridized carbons (Fsp3) is 0.357. The second-order valence-electron chi connectivity index (χ2n) is 9.61. The van der Waals surface area contributed by atoms with Crippen molar-refractivity contribution in [2.75, 3.05) is 20.2 Å². The minimum atomic E-state index is -3.09.